The Hall–Kier alpha value is -2.91. The van der Waals surface area contributed by atoms with Gasteiger partial charge in [0.1, 0.15) is 4.83 Å². The molecule has 7 nitrogen and oxygen atoms in total. The summed E-state index contributed by atoms with van der Waals surface area (Å²) in [7, 11) is 0. The number of thiophene rings is 1. The highest BCUT2D eigenvalue weighted by atomic mass is 32.2. The number of anilines is 1. The number of hydrogen-bond acceptors (Lipinski definition) is 6. The summed E-state index contributed by atoms with van der Waals surface area (Å²) in [5, 5.41) is 1.22. The minimum absolute atomic E-state index is 0.0653. The van der Waals surface area contributed by atoms with Crippen molar-refractivity contribution in [1.29, 1.82) is 0 Å². The van der Waals surface area contributed by atoms with E-state index in [9.17, 15) is 14.4 Å². The summed E-state index contributed by atoms with van der Waals surface area (Å²) in [4.78, 5) is 46.3. The molecule has 1 aromatic carbocycles. The van der Waals surface area contributed by atoms with Gasteiger partial charge in [-0.15, -0.1) is 17.9 Å². The van der Waals surface area contributed by atoms with Gasteiger partial charge in [-0.2, -0.15) is 0 Å². The first-order chi connectivity index (χ1) is 16.4. The van der Waals surface area contributed by atoms with Crippen LogP contribution in [0.3, 0.4) is 0 Å². The van der Waals surface area contributed by atoms with Gasteiger partial charge in [-0.3, -0.25) is 19.0 Å². The molecule has 0 saturated heterocycles. The topological polar surface area (TPSA) is 98.3 Å². The van der Waals surface area contributed by atoms with Crippen LogP contribution in [0.25, 0.3) is 10.2 Å². The van der Waals surface area contributed by atoms with Gasteiger partial charge >= 0.3 is 0 Å². The number of aromatic nitrogens is 2. The molecule has 9 heteroatoms. The number of carbonyl (C=O) groups excluding carboxylic acids is 2. The van der Waals surface area contributed by atoms with Crippen LogP contribution >= 0.6 is 23.1 Å². The molecular formula is C25H28N4O3S2. The summed E-state index contributed by atoms with van der Waals surface area (Å²) in [6.07, 6.45) is 4.69. The molecule has 0 spiro atoms. The van der Waals surface area contributed by atoms with Gasteiger partial charge in [0.15, 0.2) is 5.16 Å². The number of nitrogens with zero attached hydrogens (tertiary/aromatic N) is 3. The van der Waals surface area contributed by atoms with Crippen LogP contribution in [0.4, 0.5) is 5.69 Å². The van der Waals surface area contributed by atoms with Crippen molar-refractivity contribution in [3.05, 3.63) is 63.8 Å². The Morgan fingerprint density at radius 3 is 2.82 bits per heavy atom. The molecule has 4 rings (SSSR count). The minimum Gasteiger partial charge on any atom is -0.370 e. The Morgan fingerprint density at radius 2 is 2.12 bits per heavy atom. The number of amides is 2. The lowest BCUT2D eigenvalue weighted by molar-refractivity contribution is -0.118. The SMILES string of the molecule is C=CCn1c(SCC(=O)N(CCC(N)=O)c2ccccc2)nc2sc3c(c2c1=O)CCC(C)C3. The summed E-state index contributed by atoms with van der Waals surface area (Å²) in [6.45, 7) is 6.55. The molecule has 2 amide bonds. The number of fused-ring (bicyclic) bond motifs is 3. The zero-order valence-electron chi connectivity index (χ0n) is 19.2. The quantitative estimate of drug-likeness (QED) is 0.276. The van der Waals surface area contributed by atoms with Gasteiger partial charge in [-0.25, -0.2) is 4.98 Å². The average molecular weight is 497 g/mol. The van der Waals surface area contributed by atoms with Gasteiger partial charge in [0, 0.05) is 30.1 Å². The smallest absolute Gasteiger partial charge is 0.263 e. The van der Waals surface area contributed by atoms with Crippen LogP contribution in [-0.4, -0.2) is 33.7 Å². The van der Waals surface area contributed by atoms with E-state index in [1.54, 1.807) is 26.9 Å². The molecule has 178 valence electrons. The third-order valence-electron chi connectivity index (χ3n) is 5.97. The molecule has 1 atom stereocenters. The largest absolute Gasteiger partial charge is 0.370 e. The van der Waals surface area contributed by atoms with Crippen molar-refractivity contribution in [2.45, 2.75) is 44.3 Å². The Labute approximate surface area is 206 Å². The summed E-state index contributed by atoms with van der Waals surface area (Å²) >= 11 is 2.83. The van der Waals surface area contributed by atoms with Crippen molar-refractivity contribution < 1.29 is 9.59 Å². The van der Waals surface area contributed by atoms with Crippen LogP contribution in [0.15, 0.2) is 52.9 Å². The van der Waals surface area contributed by atoms with E-state index in [1.165, 1.54) is 16.6 Å². The Balaban J connectivity index is 1.63. The minimum atomic E-state index is -0.468. The van der Waals surface area contributed by atoms with Crippen LogP contribution in [0.5, 0.6) is 0 Å². The highest BCUT2D eigenvalue weighted by Crippen LogP contribution is 2.36. The Kier molecular flexibility index (Phi) is 7.53. The van der Waals surface area contributed by atoms with Gasteiger partial charge in [0.05, 0.1) is 11.1 Å². The molecular weight excluding hydrogens is 468 g/mol. The van der Waals surface area contributed by atoms with Crippen molar-refractivity contribution in [2.24, 2.45) is 11.7 Å². The number of allylic oxidation sites excluding steroid dienone is 1. The number of primary amides is 1. The molecule has 1 aliphatic rings. The van der Waals surface area contributed by atoms with Crippen molar-refractivity contribution in [1.82, 2.24) is 9.55 Å². The molecule has 0 aliphatic heterocycles. The van der Waals surface area contributed by atoms with Gasteiger partial charge in [0.25, 0.3) is 5.56 Å². The molecule has 2 heterocycles. The third-order valence-corrected chi connectivity index (χ3v) is 8.08. The summed E-state index contributed by atoms with van der Waals surface area (Å²) in [6, 6.07) is 9.17. The van der Waals surface area contributed by atoms with Crippen LogP contribution in [-0.2, 0) is 29.0 Å². The van der Waals surface area contributed by atoms with E-state index >= 15 is 0 Å². The van der Waals surface area contributed by atoms with Gasteiger partial charge in [-0.1, -0.05) is 43.0 Å². The molecule has 0 bridgehead atoms. The fourth-order valence-corrected chi connectivity index (χ4v) is 6.55. The van der Waals surface area contributed by atoms with Crippen LogP contribution < -0.4 is 16.2 Å². The molecule has 3 aromatic rings. The summed E-state index contributed by atoms with van der Waals surface area (Å²) in [5.41, 5.74) is 7.09. The van der Waals surface area contributed by atoms with E-state index in [1.807, 2.05) is 30.3 Å². The van der Waals surface area contributed by atoms with E-state index < -0.39 is 5.91 Å². The van der Waals surface area contributed by atoms with Crippen LogP contribution in [0, 0.1) is 5.92 Å². The number of para-hydroxylation sites is 1. The van der Waals surface area contributed by atoms with Crippen molar-refractivity contribution in [3.8, 4) is 0 Å². The van der Waals surface area contributed by atoms with Crippen LogP contribution in [0.2, 0.25) is 0 Å². The van der Waals surface area contributed by atoms with E-state index in [0.717, 1.165) is 35.0 Å². The van der Waals surface area contributed by atoms with Crippen molar-refractivity contribution in [2.75, 3.05) is 17.2 Å². The van der Waals surface area contributed by atoms with E-state index in [-0.39, 0.29) is 30.2 Å². The van der Waals surface area contributed by atoms with E-state index in [2.05, 4.69) is 13.5 Å². The predicted molar refractivity (Wildman–Crippen MR) is 139 cm³/mol. The second-order valence-corrected chi connectivity index (χ2v) is 10.5. The second-order valence-electron chi connectivity index (χ2n) is 8.52. The fraction of sp³-hybridized carbons (Fsp3) is 0.360. The number of thioether (sulfide) groups is 1. The van der Waals surface area contributed by atoms with E-state index in [4.69, 9.17) is 10.7 Å². The number of carbonyl (C=O) groups is 2. The number of aryl methyl sites for hydroxylation is 1. The zero-order chi connectivity index (χ0) is 24.2. The fourth-order valence-electron chi connectivity index (χ4n) is 4.24. The van der Waals surface area contributed by atoms with Gasteiger partial charge in [-0.05, 0) is 42.9 Å². The molecule has 1 aliphatic carbocycles. The highest BCUT2D eigenvalue weighted by molar-refractivity contribution is 7.99. The first-order valence-electron chi connectivity index (χ1n) is 11.3. The lowest BCUT2D eigenvalue weighted by Crippen LogP contribution is -2.35. The number of hydrogen-bond donors (Lipinski definition) is 1. The molecule has 0 radical (unpaired) electrons. The normalized spacial score (nSPS) is 15.1. The highest BCUT2D eigenvalue weighted by Gasteiger charge is 2.25. The Bertz CT molecular complexity index is 1280. The number of rotatable bonds is 9. The predicted octanol–water partition coefficient (Wildman–Crippen LogP) is 3.77. The van der Waals surface area contributed by atoms with Crippen molar-refractivity contribution >= 4 is 50.8 Å². The lowest BCUT2D eigenvalue weighted by atomic mass is 9.89. The summed E-state index contributed by atoms with van der Waals surface area (Å²) in [5.74, 6) is 0.0255. The second kappa shape index (κ2) is 10.6. The lowest BCUT2D eigenvalue weighted by Gasteiger charge is -2.22. The Morgan fingerprint density at radius 1 is 1.35 bits per heavy atom. The zero-order valence-corrected chi connectivity index (χ0v) is 20.8. The van der Waals surface area contributed by atoms with Crippen molar-refractivity contribution in [3.63, 3.8) is 0 Å². The van der Waals surface area contributed by atoms with Gasteiger partial charge < -0.3 is 10.6 Å². The molecule has 2 aromatic heterocycles. The van der Waals surface area contributed by atoms with Crippen LogP contribution in [0.1, 0.15) is 30.2 Å². The monoisotopic (exact) mass is 496 g/mol. The average Bonchev–Trinajstić information content (AvgIpc) is 3.17. The molecule has 0 fully saturated rings. The molecule has 2 N–H and O–H groups in total. The standard InChI is InChI=1S/C25H28N4O3S2/c1-3-12-29-24(32)22-18-10-9-16(2)14-19(18)34-23(22)27-25(29)33-15-21(31)28(13-11-20(26)30)17-7-5-4-6-8-17/h3-8,16H,1,9-15H2,2H3,(H2,26,30). The first-order valence-corrected chi connectivity index (χ1v) is 13.1. The van der Waals surface area contributed by atoms with E-state index in [0.29, 0.717) is 23.3 Å². The summed E-state index contributed by atoms with van der Waals surface area (Å²) < 4.78 is 1.61. The number of nitrogens with two attached hydrogens (primary N) is 1. The maximum Gasteiger partial charge on any atom is 0.263 e. The van der Waals surface area contributed by atoms with Gasteiger partial charge in [0.2, 0.25) is 11.8 Å². The molecule has 0 saturated carbocycles. The number of benzene rings is 1. The molecule has 1 unspecified atom stereocenters. The third kappa shape index (κ3) is 5.10. The first kappa shape index (κ1) is 24.2. The molecule has 34 heavy (non-hydrogen) atoms. The maximum atomic E-state index is 13.5. The maximum absolute atomic E-state index is 13.5.